The van der Waals surface area contributed by atoms with Crippen LogP contribution in [0.15, 0.2) is 45.6 Å². The molecular formula is C18H17NO4. The molecule has 0 spiro atoms. The number of carbonyl (C=O) groups is 1. The van der Waals surface area contributed by atoms with Gasteiger partial charge in [0.1, 0.15) is 16.9 Å². The van der Waals surface area contributed by atoms with Gasteiger partial charge in [0.2, 0.25) is 5.43 Å². The van der Waals surface area contributed by atoms with Crippen LogP contribution in [0, 0.1) is 0 Å². The number of carbonyl (C=O) groups excluding carboxylic acids is 1. The fourth-order valence-corrected chi connectivity index (χ4v) is 2.63. The molecule has 2 aromatic carbocycles. The Morgan fingerprint density at radius 2 is 1.87 bits per heavy atom. The highest BCUT2D eigenvalue weighted by Crippen LogP contribution is 2.26. The van der Waals surface area contributed by atoms with E-state index in [0.29, 0.717) is 32.0 Å². The summed E-state index contributed by atoms with van der Waals surface area (Å²) in [6.45, 7) is 0. The molecule has 3 rings (SSSR count). The minimum Gasteiger partial charge on any atom is -0.550 e. The van der Waals surface area contributed by atoms with Gasteiger partial charge < -0.3 is 14.3 Å². The van der Waals surface area contributed by atoms with Crippen molar-refractivity contribution in [1.29, 1.82) is 0 Å². The van der Waals surface area contributed by atoms with Gasteiger partial charge in [-0.25, -0.2) is 0 Å². The van der Waals surface area contributed by atoms with Crippen molar-refractivity contribution in [1.82, 2.24) is 4.48 Å². The molecule has 1 aromatic heterocycles. The minimum atomic E-state index is -1.21. The Bertz CT molecular complexity index is 980. The monoisotopic (exact) mass is 311 g/mol. The maximum absolute atomic E-state index is 12.7. The molecule has 23 heavy (non-hydrogen) atoms. The number of carboxylic acid groups (broad SMARTS) is 1. The predicted octanol–water partition coefficient (Wildman–Crippen LogP) is 1.44. The number of fused-ring (bicyclic) bond motifs is 2. The number of aliphatic carboxylic acids is 1. The molecule has 1 heterocycles. The second-order valence-corrected chi connectivity index (χ2v) is 6.47. The molecule has 5 heteroatoms. The maximum atomic E-state index is 12.7. The zero-order valence-corrected chi connectivity index (χ0v) is 13.3. The van der Waals surface area contributed by atoms with Crippen LogP contribution < -0.4 is 15.0 Å². The van der Waals surface area contributed by atoms with E-state index in [1.807, 2.05) is 33.3 Å². The van der Waals surface area contributed by atoms with Crippen molar-refractivity contribution < 1.29 is 14.3 Å². The van der Waals surface area contributed by atoms with E-state index in [1.54, 1.807) is 24.3 Å². The number of benzene rings is 2. The van der Waals surface area contributed by atoms with Crippen molar-refractivity contribution in [2.45, 2.75) is 6.42 Å². The molecule has 0 saturated carbocycles. The van der Waals surface area contributed by atoms with Crippen LogP contribution in [0.5, 0.6) is 0 Å². The molecule has 0 fully saturated rings. The molecular weight excluding hydrogens is 294 g/mol. The van der Waals surface area contributed by atoms with E-state index in [9.17, 15) is 14.7 Å². The van der Waals surface area contributed by atoms with Crippen molar-refractivity contribution in [2.24, 2.45) is 0 Å². The smallest absolute Gasteiger partial charge is 0.200 e. The van der Waals surface area contributed by atoms with Gasteiger partial charge >= 0.3 is 0 Å². The Morgan fingerprint density at radius 3 is 2.52 bits per heavy atom. The number of para-hydroxylation sites is 1. The van der Waals surface area contributed by atoms with Gasteiger partial charge in [-0.2, -0.15) is 0 Å². The van der Waals surface area contributed by atoms with E-state index >= 15 is 0 Å². The molecule has 0 radical (unpaired) electrons. The molecule has 0 aliphatic heterocycles. The molecule has 0 aliphatic rings. The SMILES string of the molecule is C[N+](C)(C)c1ccc2c(=O)c3cccc(CC(=O)[O-])c3oc2c1. The third kappa shape index (κ3) is 2.71. The normalized spacial score (nSPS) is 12.0. The first-order chi connectivity index (χ1) is 10.8. The largest absolute Gasteiger partial charge is 0.550 e. The number of hydrogen-bond acceptors (Lipinski definition) is 4. The molecule has 0 saturated heterocycles. The van der Waals surface area contributed by atoms with Gasteiger partial charge in [0.25, 0.3) is 0 Å². The summed E-state index contributed by atoms with van der Waals surface area (Å²) in [4.78, 5) is 23.6. The Hall–Kier alpha value is -2.66. The highest BCUT2D eigenvalue weighted by Gasteiger charge is 2.16. The topological polar surface area (TPSA) is 70.3 Å². The summed E-state index contributed by atoms with van der Waals surface area (Å²) in [6.07, 6.45) is -0.291. The number of hydrogen-bond donors (Lipinski definition) is 0. The van der Waals surface area contributed by atoms with Gasteiger partial charge in [-0.05, 0) is 12.1 Å². The number of nitrogens with zero attached hydrogens (tertiary/aromatic N) is 1. The van der Waals surface area contributed by atoms with E-state index in [1.165, 1.54) is 0 Å². The summed E-state index contributed by atoms with van der Waals surface area (Å²) >= 11 is 0. The van der Waals surface area contributed by atoms with Gasteiger partial charge in [-0.15, -0.1) is 0 Å². The van der Waals surface area contributed by atoms with Crippen molar-refractivity contribution in [2.75, 3.05) is 21.1 Å². The Balaban J connectivity index is 2.37. The van der Waals surface area contributed by atoms with Crippen LogP contribution in [0.25, 0.3) is 21.9 Å². The van der Waals surface area contributed by atoms with Crippen LogP contribution in [0.2, 0.25) is 0 Å². The Kier molecular flexibility index (Phi) is 3.45. The van der Waals surface area contributed by atoms with E-state index in [2.05, 4.69) is 0 Å². The van der Waals surface area contributed by atoms with Gasteiger partial charge in [-0.1, -0.05) is 12.1 Å². The first-order valence-electron chi connectivity index (χ1n) is 7.28. The molecule has 0 atom stereocenters. The fourth-order valence-electron chi connectivity index (χ4n) is 2.63. The van der Waals surface area contributed by atoms with Gasteiger partial charge in [0.05, 0.1) is 31.9 Å². The van der Waals surface area contributed by atoms with Crippen LogP contribution >= 0.6 is 0 Å². The summed E-state index contributed by atoms with van der Waals surface area (Å²) in [5, 5.41) is 11.8. The summed E-state index contributed by atoms with van der Waals surface area (Å²) in [5.41, 5.74) is 2.04. The van der Waals surface area contributed by atoms with Crippen molar-refractivity contribution in [3.8, 4) is 0 Å². The van der Waals surface area contributed by atoms with E-state index in [4.69, 9.17) is 4.42 Å². The average Bonchev–Trinajstić information content (AvgIpc) is 2.46. The zero-order valence-electron chi connectivity index (χ0n) is 13.3. The fraction of sp³-hybridized carbons (Fsp3) is 0.222. The van der Waals surface area contributed by atoms with Crippen LogP contribution in [0.1, 0.15) is 5.56 Å². The molecule has 118 valence electrons. The lowest BCUT2D eigenvalue weighted by Crippen LogP contribution is -2.34. The highest BCUT2D eigenvalue weighted by molar-refractivity contribution is 5.93. The maximum Gasteiger partial charge on any atom is 0.200 e. The molecule has 3 aromatic rings. The summed E-state index contributed by atoms with van der Waals surface area (Å²) in [7, 11) is 6.05. The number of rotatable bonds is 3. The van der Waals surface area contributed by atoms with Gasteiger partial charge in [0.15, 0.2) is 0 Å². The zero-order chi connectivity index (χ0) is 16.8. The second-order valence-electron chi connectivity index (χ2n) is 6.47. The van der Waals surface area contributed by atoms with E-state index < -0.39 is 5.97 Å². The minimum absolute atomic E-state index is 0.158. The lowest BCUT2D eigenvalue weighted by Gasteiger charge is -2.23. The predicted molar refractivity (Wildman–Crippen MR) is 88.3 cm³/mol. The van der Waals surface area contributed by atoms with Gasteiger partial charge in [-0.3, -0.25) is 9.28 Å². The van der Waals surface area contributed by atoms with Crippen molar-refractivity contribution in [3.05, 3.63) is 52.2 Å². The lowest BCUT2D eigenvalue weighted by atomic mass is 10.1. The Morgan fingerprint density at radius 1 is 1.13 bits per heavy atom. The molecule has 0 amide bonds. The molecule has 5 nitrogen and oxygen atoms in total. The third-order valence-electron chi connectivity index (χ3n) is 3.87. The molecule has 0 aliphatic carbocycles. The molecule has 0 bridgehead atoms. The summed E-state index contributed by atoms with van der Waals surface area (Å²) in [6, 6.07) is 10.4. The van der Waals surface area contributed by atoms with Crippen LogP contribution in [-0.4, -0.2) is 27.1 Å². The van der Waals surface area contributed by atoms with Gasteiger partial charge in [0, 0.05) is 30.1 Å². The number of quaternary nitrogens is 1. The van der Waals surface area contributed by atoms with E-state index in [0.717, 1.165) is 5.69 Å². The van der Waals surface area contributed by atoms with Crippen molar-refractivity contribution in [3.63, 3.8) is 0 Å². The molecule has 0 N–H and O–H groups in total. The van der Waals surface area contributed by atoms with Crippen LogP contribution in [0.4, 0.5) is 5.69 Å². The molecule has 0 unspecified atom stereocenters. The average molecular weight is 311 g/mol. The van der Waals surface area contributed by atoms with Crippen LogP contribution in [-0.2, 0) is 11.2 Å². The van der Waals surface area contributed by atoms with Crippen molar-refractivity contribution >= 4 is 33.6 Å². The van der Waals surface area contributed by atoms with Crippen LogP contribution in [0.3, 0.4) is 0 Å². The number of carboxylic acids is 1. The first kappa shape index (κ1) is 15.2. The first-order valence-corrected chi connectivity index (χ1v) is 7.28. The lowest BCUT2D eigenvalue weighted by molar-refractivity contribution is -0.304. The summed E-state index contributed by atoms with van der Waals surface area (Å²) in [5.74, 6) is -1.21. The van der Waals surface area contributed by atoms with E-state index in [-0.39, 0.29) is 11.8 Å². The Labute approximate surface area is 133 Å². The standard InChI is InChI=1S/C18H17NO4/c1-19(2,3)12-7-8-13-15(10-12)23-18-11(9-16(20)21)5-4-6-14(18)17(13)22/h4-8,10H,9H2,1-3H3. The quantitative estimate of drug-likeness (QED) is 0.542. The second kappa shape index (κ2) is 5.21. The third-order valence-corrected chi connectivity index (χ3v) is 3.87. The highest BCUT2D eigenvalue weighted by atomic mass is 16.4. The summed E-state index contributed by atoms with van der Waals surface area (Å²) < 4.78 is 6.48.